The lowest BCUT2D eigenvalue weighted by molar-refractivity contribution is 0.105. The van der Waals surface area contributed by atoms with Gasteiger partial charge in [0, 0.05) is 11.1 Å². The number of benzene rings is 3. The van der Waals surface area contributed by atoms with E-state index in [0.717, 1.165) is 0 Å². The highest BCUT2D eigenvalue weighted by atomic mass is 16.3. The Balaban J connectivity index is 0. The highest BCUT2D eigenvalue weighted by Gasteiger charge is 2.19. The first kappa shape index (κ1) is 30.1. The van der Waals surface area contributed by atoms with Gasteiger partial charge in [0.1, 0.15) is 5.76 Å². The van der Waals surface area contributed by atoms with Crippen molar-refractivity contribution in [3.8, 4) is 0 Å². The van der Waals surface area contributed by atoms with Gasteiger partial charge < -0.3 is 5.11 Å². The minimum atomic E-state index is -0.196. The molecule has 0 aliphatic carbocycles. The second-order valence-electron chi connectivity index (χ2n) is 5.15. The quantitative estimate of drug-likeness (QED) is 0.198. The molecule has 0 unspecified atom stereocenters. The van der Waals surface area contributed by atoms with Crippen LogP contribution in [0.25, 0.3) is 11.3 Å². The Morgan fingerprint density at radius 1 is 0.484 bits per heavy atom. The van der Waals surface area contributed by atoms with Crippen LogP contribution in [0.5, 0.6) is 0 Å². The van der Waals surface area contributed by atoms with Crippen molar-refractivity contribution < 1.29 is 9.90 Å². The molecule has 0 heterocycles. The first-order chi connectivity index (χ1) is 15.3. The lowest BCUT2D eigenvalue weighted by Gasteiger charge is -2.11. The molecule has 3 rings (SSSR count). The maximum atomic E-state index is 12.9. The average molecular weight is 421 g/mol. The topological polar surface area (TPSA) is 37.3 Å². The molecule has 0 aliphatic heterocycles. The number of allylic oxidation sites excluding steroid dienone is 1. The summed E-state index contributed by atoms with van der Waals surface area (Å²) >= 11 is 0. The van der Waals surface area contributed by atoms with Gasteiger partial charge in [0.05, 0.1) is 5.57 Å². The van der Waals surface area contributed by atoms with Crippen molar-refractivity contribution in [3.05, 3.63) is 108 Å². The van der Waals surface area contributed by atoms with Crippen LogP contribution in [0.1, 0.15) is 76.9 Å². The molecule has 31 heavy (non-hydrogen) atoms. The van der Waals surface area contributed by atoms with E-state index < -0.39 is 0 Å². The summed E-state index contributed by atoms with van der Waals surface area (Å²) < 4.78 is 0. The molecular formula is C29H40O2. The van der Waals surface area contributed by atoms with Crippen molar-refractivity contribution in [1.29, 1.82) is 0 Å². The summed E-state index contributed by atoms with van der Waals surface area (Å²) in [6, 6.07) is 27.4. The molecule has 0 amide bonds. The van der Waals surface area contributed by atoms with Crippen LogP contribution in [0.4, 0.5) is 0 Å². The fraction of sp³-hybridized carbons (Fsp3) is 0.276. The molecule has 0 spiro atoms. The van der Waals surface area contributed by atoms with E-state index >= 15 is 0 Å². The summed E-state index contributed by atoms with van der Waals surface area (Å²) in [5.74, 6) is -0.205. The predicted octanol–water partition coefficient (Wildman–Crippen LogP) is 9.10. The molecule has 0 aliphatic rings. The molecule has 0 aromatic heterocycles. The third kappa shape index (κ3) is 9.95. The van der Waals surface area contributed by atoms with Crippen molar-refractivity contribution in [3.63, 3.8) is 0 Å². The van der Waals surface area contributed by atoms with Crippen LogP contribution in [-0.4, -0.2) is 10.9 Å². The summed E-state index contributed by atoms with van der Waals surface area (Å²) in [5, 5.41) is 10.7. The van der Waals surface area contributed by atoms with Crippen LogP contribution in [0.2, 0.25) is 0 Å². The monoisotopic (exact) mass is 420 g/mol. The third-order valence-electron chi connectivity index (χ3n) is 3.61. The van der Waals surface area contributed by atoms with Gasteiger partial charge in [0.15, 0.2) is 5.78 Å². The molecule has 0 bridgehead atoms. The number of aliphatic hydroxyl groups is 1. The molecule has 2 heteroatoms. The number of hydrogen-bond acceptors (Lipinski definition) is 2. The van der Waals surface area contributed by atoms with Crippen LogP contribution in [0.15, 0.2) is 91.0 Å². The van der Waals surface area contributed by atoms with Crippen LogP contribution >= 0.6 is 0 Å². The predicted molar refractivity (Wildman–Crippen MR) is 138 cm³/mol. The number of hydrogen-bond donors (Lipinski definition) is 1. The molecule has 0 saturated carbocycles. The summed E-state index contributed by atoms with van der Waals surface area (Å²) in [5.41, 5.74) is 2.18. The summed E-state index contributed by atoms with van der Waals surface area (Å²) in [7, 11) is 0. The largest absolute Gasteiger partial charge is 0.507 e. The van der Waals surface area contributed by atoms with Crippen molar-refractivity contribution in [2.45, 2.75) is 55.4 Å². The SMILES string of the molecule is CC.CC.CC.CC.O=C(C(=C(O)c1ccccc1)c1ccccc1)c1ccccc1. The zero-order valence-electron chi connectivity index (χ0n) is 20.5. The van der Waals surface area contributed by atoms with E-state index in [2.05, 4.69) is 0 Å². The fourth-order valence-electron chi connectivity index (χ4n) is 2.45. The zero-order valence-corrected chi connectivity index (χ0v) is 20.5. The average Bonchev–Trinajstić information content (AvgIpc) is 2.90. The maximum absolute atomic E-state index is 12.9. The normalized spacial score (nSPS) is 9.42. The Morgan fingerprint density at radius 2 is 0.774 bits per heavy atom. The smallest absolute Gasteiger partial charge is 0.197 e. The van der Waals surface area contributed by atoms with Crippen molar-refractivity contribution in [2.75, 3.05) is 0 Å². The van der Waals surface area contributed by atoms with Gasteiger partial charge in [-0.25, -0.2) is 0 Å². The molecule has 3 aromatic carbocycles. The number of aliphatic hydroxyl groups excluding tert-OH is 1. The van der Waals surface area contributed by atoms with Crippen molar-refractivity contribution in [1.82, 2.24) is 0 Å². The highest BCUT2D eigenvalue weighted by Crippen LogP contribution is 2.27. The number of carbonyl (C=O) groups is 1. The van der Waals surface area contributed by atoms with E-state index in [9.17, 15) is 9.90 Å². The van der Waals surface area contributed by atoms with Gasteiger partial charge in [-0.3, -0.25) is 4.79 Å². The lowest BCUT2D eigenvalue weighted by atomic mass is 9.93. The molecule has 1 N–H and O–H groups in total. The van der Waals surface area contributed by atoms with Crippen molar-refractivity contribution in [2.24, 2.45) is 0 Å². The van der Waals surface area contributed by atoms with Gasteiger partial charge >= 0.3 is 0 Å². The van der Waals surface area contributed by atoms with Crippen LogP contribution in [-0.2, 0) is 0 Å². The minimum absolute atomic E-state index is 0.00865. The Kier molecular flexibility index (Phi) is 19.5. The molecular weight excluding hydrogens is 380 g/mol. The van der Waals surface area contributed by atoms with E-state index in [1.165, 1.54) is 0 Å². The van der Waals surface area contributed by atoms with Crippen LogP contribution in [0.3, 0.4) is 0 Å². The first-order valence-electron chi connectivity index (χ1n) is 11.4. The highest BCUT2D eigenvalue weighted by molar-refractivity contribution is 6.33. The Morgan fingerprint density at radius 3 is 1.13 bits per heavy atom. The second-order valence-corrected chi connectivity index (χ2v) is 5.15. The number of ketones is 1. The summed E-state index contributed by atoms with van der Waals surface area (Å²) in [6.45, 7) is 16.0. The van der Waals surface area contributed by atoms with Crippen LogP contribution in [0, 0.1) is 0 Å². The van der Waals surface area contributed by atoms with Gasteiger partial charge in [-0.2, -0.15) is 0 Å². The van der Waals surface area contributed by atoms with Gasteiger partial charge in [0.25, 0.3) is 0 Å². The molecule has 0 saturated heterocycles. The molecule has 168 valence electrons. The number of carbonyl (C=O) groups excluding carboxylic acids is 1. The fourth-order valence-corrected chi connectivity index (χ4v) is 2.45. The van der Waals surface area contributed by atoms with E-state index in [1.54, 1.807) is 24.3 Å². The van der Waals surface area contributed by atoms with Gasteiger partial charge in [-0.1, -0.05) is 146 Å². The van der Waals surface area contributed by atoms with E-state index in [0.29, 0.717) is 22.3 Å². The van der Waals surface area contributed by atoms with Gasteiger partial charge in [-0.15, -0.1) is 0 Å². The van der Waals surface area contributed by atoms with E-state index in [-0.39, 0.29) is 11.5 Å². The minimum Gasteiger partial charge on any atom is -0.507 e. The Bertz CT molecular complexity index is 820. The Labute approximate surface area is 190 Å². The maximum Gasteiger partial charge on any atom is 0.197 e. The number of rotatable bonds is 4. The standard InChI is InChI=1S/C21H16O2.4C2H6/c22-20(17-12-6-2-7-13-17)19(16-10-4-1-5-11-16)21(23)18-14-8-3-9-15-18;4*1-2/h1-15,22H;4*1-2H3. The molecule has 0 fully saturated rings. The zero-order chi connectivity index (χ0) is 24.1. The summed E-state index contributed by atoms with van der Waals surface area (Å²) in [4.78, 5) is 12.9. The van der Waals surface area contributed by atoms with E-state index in [1.807, 2.05) is 122 Å². The Hall–Kier alpha value is -3.13. The van der Waals surface area contributed by atoms with Crippen LogP contribution < -0.4 is 0 Å². The molecule has 3 aromatic rings. The molecule has 0 radical (unpaired) electrons. The van der Waals surface area contributed by atoms with Gasteiger partial charge in [-0.05, 0) is 5.56 Å². The third-order valence-corrected chi connectivity index (χ3v) is 3.61. The van der Waals surface area contributed by atoms with Gasteiger partial charge in [0.2, 0.25) is 0 Å². The first-order valence-corrected chi connectivity index (χ1v) is 11.4. The number of Topliss-reactive ketones (excluding diaryl/α,β-unsaturated/α-hetero) is 1. The lowest BCUT2D eigenvalue weighted by Crippen LogP contribution is -2.06. The van der Waals surface area contributed by atoms with E-state index in [4.69, 9.17) is 0 Å². The summed E-state index contributed by atoms with van der Waals surface area (Å²) in [6.07, 6.45) is 0. The molecule has 0 atom stereocenters. The molecule has 2 nitrogen and oxygen atoms in total. The second kappa shape index (κ2) is 20.2. The van der Waals surface area contributed by atoms with Crippen molar-refractivity contribution >= 4 is 17.1 Å².